The third kappa shape index (κ3) is 54.3. The van der Waals surface area contributed by atoms with Crippen LogP contribution in [0.15, 0.2) is 48.6 Å². The highest BCUT2D eigenvalue weighted by Crippen LogP contribution is 2.16. The van der Waals surface area contributed by atoms with E-state index in [0.29, 0.717) is 19.3 Å². The first-order chi connectivity index (χ1) is 33.5. The predicted octanol–water partition coefficient (Wildman–Crippen LogP) is 19.8. The van der Waals surface area contributed by atoms with Gasteiger partial charge in [-0.05, 0) is 83.5 Å². The van der Waals surface area contributed by atoms with E-state index in [1.165, 1.54) is 186 Å². The van der Waals surface area contributed by atoms with E-state index in [-0.39, 0.29) is 31.1 Å². The molecule has 0 spiro atoms. The Morgan fingerprint density at radius 2 is 0.529 bits per heavy atom. The van der Waals surface area contributed by atoms with E-state index in [2.05, 4.69) is 69.4 Å². The summed E-state index contributed by atoms with van der Waals surface area (Å²) in [6.45, 7) is 6.62. The van der Waals surface area contributed by atoms with Gasteiger partial charge in [0, 0.05) is 19.3 Å². The molecule has 1 unspecified atom stereocenters. The molecule has 0 amide bonds. The highest BCUT2D eigenvalue weighted by atomic mass is 16.6. The molecule has 396 valence electrons. The summed E-state index contributed by atoms with van der Waals surface area (Å²) in [5.41, 5.74) is 0. The fourth-order valence-electron chi connectivity index (χ4n) is 8.56. The number of hydrogen-bond acceptors (Lipinski definition) is 6. The molecular weight excluding hydrogens is 841 g/mol. The van der Waals surface area contributed by atoms with Gasteiger partial charge in [0.2, 0.25) is 0 Å². The Bertz CT molecular complexity index is 1190. The first kappa shape index (κ1) is 65.4. The second-order valence-corrected chi connectivity index (χ2v) is 19.9. The molecule has 0 aliphatic heterocycles. The zero-order chi connectivity index (χ0) is 49.3. The molecule has 0 rings (SSSR count). The zero-order valence-corrected chi connectivity index (χ0v) is 45.4. The number of unbranched alkanes of at least 4 members (excludes halogenated alkanes) is 35. The Hall–Kier alpha value is -2.63. The van der Waals surface area contributed by atoms with E-state index in [1.54, 1.807) is 0 Å². The van der Waals surface area contributed by atoms with Crippen molar-refractivity contribution in [3.63, 3.8) is 0 Å². The van der Waals surface area contributed by atoms with Gasteiger partial charge in [0.25, 0.3) is 0 Å². The van der Waals surface area contributed by atoms with Crippen molar-refractivity contribution in [3.8, 4) is 0 Å². The van der Waals surface area contributed by atoms with E-state index >= 15 is 0 Å². The summed E-state index contributed by atoms with van der Waals surface area (Å²) in [5, 5.41) is 0. The summed E-state index contributed by atoms with van der Waals surface area (Å²) in [4.78, 5) is 38.2. The number of esters is 3. The summed E-state index contributed by atoms with van der Waals surface area (Å²) in [5.74, 6) is -0.875. The van der Waals surface area contributed by atoms with Gasteiger partial charge < -0.3 is 14.2 Å². The van der Waals surface area contributed by atoms with Crippen LogP contribution in [0.4, 0.5) is 0 Å². The van der Waals surface area contributed by atoms with E-state index in [9.17, 15) is 14.4 Å². The van der Waals surface area contributed by atoms with Crippen LogP contribution in [0.2, 0.25) is 0 Å². The van der Waals surface area contributed by atoms with Crippen LogP contribution in [-0.2, 0) is 28.6 Å². The second-order valence-electron chi connectivity index (χ2n) is 19.9. The van der Waals surface area contributed by atoms with Crippen LogP contribution in [0.1, 0.15) is 310 Å². The van der Waals surface area contributed by atoms with Crippen LogP contribution in [0.5, 0.6) is 0 Å². The van der Waals surface area contributed by atoms with Crippen LogP contribution < -0.4 is 0 Å². The smallest absolute Gasteiger partial charge is 0.306 e. The molecule has 0 heterocycles. The lowest BCUT2D eigenvalue weighted by molar-refractivity contribution is -0.167. The lowest BCUT2D eigenvalue weighted by atomic mass is 10.0. The van der Waals surface area contributed by atoms with Crippen molar-refractivity contribution in [3.05, 3.63) is 48.6 Å². The Kier molecular flexibility index (Phi) is 54.8. The van der Waals surface area contributed by atoms with Gasteiger partial charge in [-0.15, -0.1) is 0 Å². The maximum atomic E-state index is 12.9. The Balaban J connectivity index is 4.38. The first-order valence-electron chi connectivity index (χ1n) is 29.6. The fraction of sp³-hybridized carbons (Fsp3) is 0.823. The third-order valence-corrected chi connectivity index (χ3v) is 13.1. The summed E-state index contributed by atoms with van der Waals surface area (Å²) < 4.78 is 16.9. The normalized spacial score (nSPS) is 12.3. The molecule has 0 saturated carbocycles. The molecule has 0 aromatic carbocycles. The van der Waals surface area contributed by atoms with Gasteiger partial charge in [0.1, 0.15) is 13.2 Å². The van der Waals surface area contributed by atoms with Gasteiger partial charge in [0.15, 0.2) is 6.10 Å². The molecule has 68 heavy (non-hydrogen) atoms. The monoisotopic (exact) mass is 953 g/mol. The largest absolute Gasteiger partial charge is 0.462 e. The molecule has 0 saturated heterocycles. The van der Waals surface area contributed by atoms with Crippen LogP contribution in [0.3, 0.4) is 0 Å². The molecule has 6 heteroatoms. The maximum absolute atomic E-state index is 12.9. The number of ether oxygens (including phenoxy) is 3. The van der Waals surface area contributed by atoms with E-state index in [0.717, 1.165) is 83.5 Å². The van der Waals surface area contributed by atoms with Gasteiger partial charge >= 0.3 is 17.9 Å². The molecule has 1 atom stereocenters. The van der Waals surface area contributed by atoms with Crippen LogP contribution >= 0.6 is 0 Å². The molecule has 0 fully saturated rings. The summed E-state index contributed by atoms with van der Waals surface area (Å²) >= 11 is 0. The number of hydrogen-bond donors (Lipinski definition) is 0. The lowest BCUT2D eigenvalue weighted by Crippen LogP contribution is -2.30. The number of rotatable bonds is 54. The number of carbonyl (C=O) groups is 3. The average Bonchev–Trinajstić information content (AvgIpc) is 3.34. The molecule has 0 aliphatic rings. The summed E-state index contributed by atoms with van der Waals surface area (Å²) in [6.07, 6.45) is 69.5. The van der Waals surface area contributed by atoms with E-state index in [1.807, 2.05) is 0 Å². The maximum Gasteiger partial charge on any atom is 0.306 e. The van der Waals surface area contributed by atoms with E-state index < -0.39 is 6.10 Å². The Labute approximate surface area is 422 Å². The molecule has 0 aromatic rings. The average molecular weight is 954 g/mol. The van der Waals surface area contributed by atoms with Crippen molar-refractivity contribution in [2.75, 3.05) is 13.2 Å². The second kappa shape index (κ2) is 57.0. The quantitative estimate of drug-likeness (QED) is 0.0262. The standard InChI is InChI=1S/C62H112O6/c1-4-7-10-13-16-19-22-25-28-30-32-34-37-40-43-46-49-52-55-61(64)67-58-59(57-66-60(63)54-51-48-45-42-39-36-33-27-24-21-18-15-12-9-6-3)68-62(65)56-53-50-47-44-41-38-35-31-29-26-23-20-17-14-11-8-5-2/h17,19-20,22,26,28-30,59H,4-16,18,21,23-25,27,31-58H2,1-3H3/b20-17-,22-19-,29-26-,30-28-. The minimum absolute atomic E-state index is 0.0758. The van der Waals surface area contributed by atoms with Gasteiger partial charge in [-0.1, -0.05) is 256 Å². The Morgan fingerprint density at radius 1 is 0.294 bits per heavy atom. The molecule has 0 N–H and O–H groups in total. The molecule has 0 aromatic heterocycles. The zero-order valence-electron chi connectivity index (χ0n) is 45.4. The third-order valence-electron chi connectivity index (χ3n) is 13.1. The van der Waals surface area contributed by atoms with Gasteiger partial charge in [-0.25, -0.2) is 0 Å². The minimum atomic E-state index is -0.779. The van der Waals surface area contributed by atoms with Crippen LogP contribution in [0, 0.1) is 0 Å². The number of allylic oxidation sites excluding steroid dienone is 8. The van der Waals surface area contributed by atoms with Crippen molar-refractivity contribution < 1.29 is 28.6 Å². The van der Waals surface area contributed by atoms with Gasteiger partial charge in [0.05, 0.1) is 0 Å². The highest BCUT2D eigenvalue weighted by Gasteiger charge is 2.19. The van der Waals surface area contributed by atoms with Crippen LogP contribution in [-0.4, -0.2) is 37.2 Å². The van der Waals surface area contributed by atoms with Crippen molar-refractivity contribution in [2.45, 2.75) is 316 Å². The Morgan fingerprint density at radius 3 is 0.853 bits per heavy atom. The van der Waals surface area contributed by atoms with Gasteiger partial charge in [-0.2, -0.15) is 0 Å². The number of carbonyl (C=O) groups excluding carboxylic acids is 3. The molecular formula is C62H112O6. The van der Waals surface area contributed by atoms with Crippen LogP contribution in [0.25, 0.3) is 0 Å². The summed E-state index contributed by atoms with van der Waals surface area (Å²) in [7, 11) is 0. The first-order valence-corrected chi connectivity index (χ1v) is 29.6. The van der Waals surface area contributed by atoms with Crippen molar-refractivity contribution in [2.24, 2.45) is 0 Å². The molecule has 0 aliphatic carbocycles. The predicted molar refractivity (Wildman–Crippen MR) is 293 cm³/mol. The minimum Gasteiger partial charge on any atom is -0.462 e. The van der Waals surface area contributed by atoms with Crippen molar-refractivity contribution >= 4 is 17.9 Å². The van der Waals surface area contributed by atoms with Crippen molar-refractivity contribution in [1.29, 1.82) is 0 Å². The SMILES string of the molecule is CCCCC/C=C\C/C=C\CCCCCCCCCC(=O)OC(COC(=O)CCCCCCCCC/C=C\C/C=C\CCCCCC)COC(=O)CCCCCCCCCCCCCCCCC. The highest BCUT2D eigenvalue weighted by molar-refractivity contribution is 5.71. The molecule has 0 radical (unpaired) electrons. The summed E-state index contributed by atoms with van der Waals surface area (Å²) in [6, 6.07) is 0. The topological polar surface area (TPSA) is 78.9 Å². The fourth-order valence-corrected chi connectivity index (χ4v) is 8.56. The lowest BCUT2D eigenvalue weighted by Gasteiger charge is -2.18. The van der Waals surface area contributed by atoms with Crippen molar-refractivity contribution in [1.82, 2.24) is 0 Å². The molecule has 6 nitrogen and oxygen atoms in total. The van der Waals surface area contributed by atoms with E-state index in [4.69, 9.17) is 14.2 Å². The molecule has 0 bridgehead atoms. The van der Waals surface area contributed by atoms with Gasteiger partial charge in [-0.3, -0.25) is 14.4 Å².